The number of nitrogen functional groups attached to an aromatic ring is 1. The first-order valence-corrected chi connectivity index (χ1v) is 6.31. The smallest absolute Gasteiger partial charge is 0.198 e. The Labute approximate surface area is 117 Å². The van der Waals surface area contributed by atoms with E-state index in [9.17, 15) is 8.78 Å². The van der Waals surface area contributed by atoms with Crippen molar-refractivity contribution in [1.82, 2.24) is 0 Å². The van der Waals surface area contributed by atoms with Gasteiger partial charge < -0.3 is 10.5 Å². The Balaban J connectivity index is 2.46. The number of hydrogen-bond donors (Lipinski definition) is 1. The lowest BCUT2D eigenvalue weighted by Crippen LogP contribution is -2.12. The number of anilines is 1. The Morgan fingerprint density at radius 1 is 1.00 bits per heavy atom. The maximum Gasteiger partial charge on any atom is 0.198 e. The number of benzene rings is 2. The predicted octanol–water partition coefficient (Wildman–Crippen LogP) is 4.64. The third kappa shape index (κ3) is 2.90. The van der Waals surface area contributed by atoms with Gasteiger partial charge in [0.25, 0.3) is 0 Å². The van der Waals surface area contributed by atoms with E-state index < -0.39 is 17.4 Å². The van der Waals surface area contributed by atoms with Crippen molar-refractivity contribution in [2.45, 2.75) is 26.2 Å². The van der Waals surface area contributed by atoms with Crippen LogP contribution >= 0.6 is 0 Å². The lowest BCUT2D eigenvalue weighted by molar-refractivity contribution is 0.396. The lowest BCUT2D eigenvalue weighted by atomic mass is 9.86. The van der Waals surface area contributed by atoms with Gasteiger partial charge in [-0.15, -0.1) is 0 Å². The molecular formula is C16H17F2NO. The molecule has 0 fully saturated rings. The molecule has 20 heavy (non-hydrogen) atoms. The normalized spacial score (nSPS) is 11.4. The molecule has 0 saturated carbocycles. The fourth-order valence-electron chi connectivity index (χ4n) is 1.96. The lowest BCUT2D eigenvalue weighted by Gasteiger charge is -2.22. The highest BCUT2D eigenvalue weighted by atomic mass is 19.1. The summed E-state index contributed by atoms with van der Waals surface area (Å²) in [5.74, 6) is -1.63. The van der Waals surface area contributed by atoms with Crippen LogP contribution in [0.25, 0.3) is 0 Å². The van der Waals surface area contributed by atoms with Crippen molar-refractivity contribution < 1.29 is 13.5 Å². The SMILES string of the molecule is CC(C)(C)c1ccccc1Oc1c(F)cc(N)cc1F. The Morgan fingerprint density at radius 3 is 2.10 bits per heavy atom. The minimum absolute atomic E-state index is 0.0245. The second kappa shape index (κ2) is 5.12. The molecule has 2 aromatic carbocycles. The summed E-state index contributed by atoms with van der Waals surface area (Å²) >= 11 is 0. The van der Waals surface area contributed by atoms with Crippen LogP contribution in [0.15, 0.2) is 36.4 Å². The van der Waals surface area contributed by atoms with Crippen molar-refractivity contribution >= 4 is 5.69 Å². The zero-order valence-corrected chi connectivity index (χ0v) is 11.7. The predicted molar refractivity (Wildman–Crippen MR) is 76.0 cm³/mol. The van der Waals surface area contributed by atoms with Gasteiger partial charge in [0.05, 0.1) is 0 Å². The summed E-state index contributed by atoms with van der Waals surface area (Å²) in [6.07, 6.45) is 0. The molecule has 0 aliphatic carbocycles. The second-order valence-electron chi connectivity index (χ2n) is 5.66. The average Bonchev–Trinajstić information content (AvgIpc) is 2.33. The number of hydrogen-bond acceptors (Lipinski definition) is 2. The van der Waals surface area contributed by atoms with E-state index in [2.05, 4.69) is 0 Å². The third-order valence-corrected chi connectivity index (χ3v) is 2.93. The zero-order valence-electron chi connectivity index (χ0n) is 11.7. The molecule has 2 nitrogen and oxygen atoms in total. The van der Waals surface area contributed by atoms with E-state index >= 15 is 0 Å². The number of ether oxygens (including phenoxy) is 1. The van der Waals surface area contributed by atoms with Crippen molar-refractivity contribution in [2.24, 2.45) is 0 Å². The van der Waals surface area contributed by atoms with Gasteiger partial charge in [0.2, 0.25) is 0 Å². The van der Waals surface area contributed by atoms with Crippen molar-refractivity contribution in [2.75, 3.05) is 5.73 Å². The standard InChI is InChI=1S/C16H17F2NO/c1-16(2,3)11-6-4-5-7-14(11)20-15-12(17)8-10(19)9-13(15)18/h4-9H,19H2,1-3H3. The first-order valence-electron chi connectivity index (χ1n) is 6.31. The van der Waals surface area contributed by atoms with Crippen LogP contribution in [-0.2, 0) is 5.41 Å². The Morgan fingerprint density at radius 2 is 1.55 bits per heavy atom. The highest BCUT2D eigenvalue weighted by Crippen LogP contribution is 2.36. The van der Waals surface area contributed by atoms with E-state index in [0.29, 0.717) is 5.75 Å². The molecule has 0 heterocycles. The molecule has 0 amide bonds. The second-order valence-corrected chi connectivity index (χ2v) is 5.66. The summed E-state index contributed by atoms with van der Waals surface area (Å²) in [5, 5.41) is 0. The van der Waals surface area contributed by atoms with Crippen molar-refractivity contribution in [3.05, 3.63) is 53.6 Å². The quantitative estimate of drug-likeness (QED) is 0.812. The first-order chi connectivity index (χ1) is 9.29. The van der Waals surface area contributed by atoms with Crippen molar-refractivity contribution in [3.8, 4) is 11.5 Å². The molecule has 0 radical (unpaired) electrons. The van der Waals surface area contributed by atoms with Crippen LogP contribution in [-0.4, -0.2) is 0 Å². The van der Waals surface area contributed by atoms with Crippen LogP contribution < -0.4 is 10.5 Å². The minimum atomic E-state index is -0.814. The molecule has 0 aliphatic rings. The van der Waals surface area contributed by atoms with Crippen molar-refractivity contribution in [1.29, 1.82) is 0 Å². The molecule has 106 valence electrons. The van der Waals surface area contributed by atoms with Gasteiger partial charge in [0, 0.05) is 23.4 Å². The maximum absolute atomic E-state index is 13.8. The van der Waals surface area contributed by atoms with Gasteiger partial charge in [-0.05, 0) is 11.5 Å². The number of nitrogens with two attached hydrogens (primary N) is 1. The molecule has 0 saturated heterocycles. The molecule has 0 aromatic heterocycles. The zero-order chi connectivity index (χ0) is 14.9. The van der Waals surface area contributed by atoms with Gasteiger partial charge in [-0.25, -0.2) is 8.78 Å². The molecule has 2 aromatic rings. The van der Waals surface area contributed by atoms with E-state index in [1.807, 2.05) is 32.9 Å². The van der Waals surface area contributed by atoms with E-state index in [4.69, 9.17) is 10.5 Å². The molecule has 0 atom stereocenters. The summed E-state index contributed by atoms with van der Waals surface area (Å²) < 4.78 is 33.0. The summed E-state index contributed by atoms with van der Waals surface area (Å²) in [7, 11) is 0. The van der Waals surface area contributed by atoms with E-state index in [0.717, 1.165) is 17.7 Å². The van der Waals surface area contributed by atoms with Gasteiger partial charge in [0.1, 0.15) is 5.75 Å². The average molecular weight is 277 g/mol. The Hall–Kier alpha value is -2.10. The van der Waals surface area contributed by atoms with Crippen molar-refractivity contribution in [3.63, 3.8) is 0 Å². The summed E-state index contributed by atoms with van der Waals surface area (Å²) in [5.41, 5.74) is 6.08. The number of halogens is 2. The topological polar surface area (TPSA) is 35.2 Å². The highest BCUT2D eigenvalue weighted by molar-refractivity contribution is 5.47. The maximum atomic E-state index is 13.8. The summed E-state index contributed by atoms with van der Waals surface area (Å²) in [6.45, 7) is 6.01. The molecule has 2 rings (SSSR count). The van der Waals surface area contributed by atoms with Crippen LogP contribution in [0.3, 0.4) is 0 Å². The van der Waals surface area contributed by atoms with E-state index in [-0.39, 0.29) is 11.1 Å². The van der Waals surface area contributed by atoms with Crippen LogP contribution in [0.5, 0.6) is 11.5 Å². The molecule has 0 spiro atoms. The molecular weight excluding hydrogens is 260 g/mol. The molecule has 0 unspecified atom stereocenters. The molecule has 0 aliphatic heterocycles. The van der Waals surface area contributed by atoms with Crippen LogP contribution in [0.4, 0.5) is 14.5 Å². The van der Waals surface area contributed by atoms with Crippen LogP contribution in [0.1, 0.15) is 26.3 Å². The van der Waals surface area contributed by atoms with Gasteiger partial charge in [-0.1, -0.05) is 39.0 Å². The Kier molecular flexibility index (Phi) is 3.66. The van der Waals surface area contributed by atoms with E-state index in [1.165, 1.54) is 0 Å². The van der Waals surface area contributed by atoms with Crippen LogP contribution in [0, 0.1) is 11.6 Å². The fraction of sp³-hybridized carbons (Fsp3) is 0.250. The van der Waals surface area contributed by atoms with Gasteiger partial charge in [-0.2, -0.15) is 0 Å². The monoisotopic (exact) mass is 277 g/mol. The van der Waals surface area contributed by atoms with Gasteiger partial charge >= 0.3 is 0 Å². The number of para-hydroxylation sites is 1. The van der Waals surface area contributed by atoms with E-state index in [1.54, 1.807) is 12.1 Å². The molecule has 0 bridgehead atoms. The molecule has 4 heteroatoms. The highest BCUT2D eigenvalue weighted by Gasteiger charge is 2.21. The molecule has 2 N–H and O–H groups in total. The minimum Gasteiger partial charge on any atom is -0.451 e. The largest absolute Gasteiger partial charge is 0.451 e. The summed E-state index contributed by atoms with van der Waals surface area (Å²) in [4.78, 5) is 0. The Bertz CT molecular complexity index is 610. The first kappa shape index (κ1) is 14.3. The van der Waals surface area contributed by atoms with Crippen LogP contribution in [0.2, 0.25) is 0 Å². The number of rotatable bonds is 2. The fourth-order valence-corrected chi connectivity index (χ4v) is 1.96. The van der Waals surface area contributed by atoms with Gasteiger partial charge in [0.15, 0.2) is 17.4 Å². The van der Waals surface area contributed by atoms with Gasteiger partial charge in [-0.3, -0.25) is 0 Å². The summed E-state index contributed by atoms with van der Waals surface area (Å²) in [6, 6.07) is 9.27. The third-order valence-electron chi connectivity index (χ3n) is 2.93.